The van der Waals surface area contributed by atoms with Crippen LogP contribution in [0.3, 0.4) is 0 Å². The summed E-state index contributed by atoms with van der Waals surface area (Å²) in [5.41, 5.74) is 4.58. The summed E-state index contributed by atoms with van der Waals surface area (Å²) in [4.78, 5) is 2.70. The number of rotatable bonds is 1. The van der Waals surface area contributed by atoms with Gasteiger partial charge in [0.2, 0.25) is 0 Å². The zero-order valence-electron chi connectivity index (χ0n) is 13.1. The highest BCUT2D eigenvalue weighted by atomic mass is 16.3. The first kappa shape index (κ1) is 13.1. The summed E-state index contributed by atoms with van der Waals surface area (Å²) in [5, 5.41) is 14.0. The van der Waals surface area contributed by atoms with E-state index in [0.29, 0.717) is 30.5 Å². The van der Waals surface area contributed by atoms with Gasteiger partial charge >= 0.3 is 0 Å². The van der Waals surface area contributed by atoms with Gasteiger partial charge in [-0.15, -0.1) is 0 Å². The maximum atomic E-state index is 10.2. The van der Waals surface area contributed by atoms with Crippen molar-refractivity contribution in [3.05, 3.63) is 41.5 Å². The number of aliphatic hydroxyl groups is 1. The van der Waals surface area contributed by atoms with Gasteiger partial charge in [-0.2, -0.15) is 0 Å². The van der Waals surface area contributed by atoms with Crippen LogP contribution in [0.1, 0.15) is 25.3 Å². The third kappa shape index (κ3) is 1.35. The summed E-state index contributed by atoms with van der Waals surface area (Å²) < 4.78 is 0. The van der Waals surface area contributed by atoms with Crippen LogP contribution >= 0.6 is 0 Å². The zero-order chi connectivity index (χ0) is 14.9. The molecule has 3 nitrogen and oxygen atoms in total. The number of nitrogens with zero attached hydrogens (tertiary/aromatic N) is 1. The van der Waals surface area contributed by atoms with E-state index in [4.69, 9.17) is 0 Å². The van der Waals surface area contributed by atoms with Gasteiger partial charge in [-0.1, -0.05) is 29.8 Å². The van der Waals surface area contributed by atoms with Crippen molar-refractivity contribution in [1.29, 1.82) is 0 Å². The molecule has 0 radical (unpaired) electrons. The summed E-state index contributed by atoms with van der Waals surface area (Å²) in [5.74, 6) is 0.893. The minimum Gasteiger partial charge on any atom is -0.396 e. The number of nitrogens with one attached hydrogen (secondary N) is 1. The van der Waals surface area contributed by atoms with Crippen molar-refractivity contribution in [2.75, 3.05) is 25.0 Å². The van der Waals surface area contributed by atoms with E-state index in [1.54, 1.807) is 5.57 Å². The highest BCUT2D eigenvalue weighted by molar-refractivity contribution is 5.65. The normalized spacial score (nSPS) is 43.8. The molecule has 2 saturated heterocycles. The number of hydrogen-bond donors (Lipinski definition) is 2. The second kappa shape index (κ2) is 4.36. The van der Waals surface area contributed by atoms with Gasteiger partial charge in [0, 0.05) is 42.3 Å². The lowest BCUT2D eigenvalue weighted by molar-refractivity contribution is 0.0298. The molecule has 1 saturated carbocycles. The lowest BCUT2D eigenvalue weighted by Gasteiger charge is -2.54. The molecule has 3 fully saturated rings. The largest absolute Gasteiger partial charge is 0.396 e. The Balaban J connectivity index is 1.71. The molecular weight excluding hydrogens is 272 g/mol. The molecule has 116 valence electrons. The zero-order valence-corrected chi connectivity index (χ0v) is 13.1. The second-order valence-corrected chi connectivity index (χ2v) is 7.50. The van der Waals surface area contributed by atoms with E-state index >= 15 is 0 Å². The molecule has 22 heavy (non-hydrogen) atoms. The topological polar surface area (TPSA) is 35.5 Å². The van der Waals surface area contributed by atoms with Crippen LogP contribution in [0, 0.1) is 11.8 Å². The number of benzene rings is 1. The first-order valence-electron chi connectivity index (χ1n) is 8.65. The molecular formula is C19H24N2O. The van der Waals surface area contributed by atoms with E-state index in [0.717, 1.165) is 6.54 Å². The van der Waals surface area contributed by atoms with Crippen LogP contribution in [0.2, 0.25) is 0 Å². The fourth-order valence-corrected chi connectivity index (χ4v) is 6.13. The lowest BCUT2D eigenvalue weighted by atomic mass is 9.56. The van der Waals surface area contributed by atoms with Crippen LogP contribution in [0.25, 0.3) is 0 Å². The van der Waals surface area contributed by atoms with Crippen molar-refractivity contribution >= 4 is 5.69 Å². The van der Waals surface area contributed by atoms with Gasteiger partial charge in [-0.25, -0.2) is 0 Å². The monoisotopic (exact) mass is 296 g/mol. The quantitative estimate of drug-likeness (QED) is 0.781. The molecule has 1 aliphatic carbocycles. The van der Waals surface area contributed by atoms with Gasteiger partial charge in [0.15, 0.2) is 0 Å². The molecule has 1 aromatic rings. The number of aliphatic hydroxyl groups excluding tert-OH is 1. The average Bonchev–Trinajstić information content (AvgIpc) is 3.11. The first-order valence-corrected chi connectivity index (χ1v) is 8.65. The molecule has 5 atom stereocenters. The van der Waals surface area contributed by atoms with Crippen molar-refractivity contribution in [3.63, 3.8) is 0 Å². The average molecular weight is 296 g/mol. The number of piperidine rings is 1. The molecule has 1 spiro atoms. The Morgan fingerprint density at radius 1 is 1.41 bits per heavy atom. The van der Waals surface area contributed by atoms with Crippen molar-refractivity contribution < 1.29 is 5.11 Å². The van der Waals surface area contributed by atoms with Crippen LogP contribution < -0.4 is 5.32 Å². The summed E-state index contributed by atoms with van der Waals surface area (Å²) in [6.07, 6.45) is 4.75. The molecule has 5 rings (SSSR count). The Morgan fingerprint density at radius 2 is 2.27 bits per heavy atom. The van der Waals surface area contributed by atoms with Crippen LogP contribution in [-0.2, 0) is 5.41 Å². The highest BCUT2D eigenvalue weighted by Crippen LogP contribution is 2.60. The molecule has 3 aliphatic heterocycles. The Kier molecular flexibility index (Phi) is 2.61. The Labute approximate surface area is 132 Å². The molecule has 2 bridgehead atoms. The molecule has 0 amide bonds. The number of anilines is 1. The van der Waals surface area contributed by atoms with Crippen molar-refractivity contribution in [2.24, 2.45) is 11.8 Å². The minimum atomic E-state index is 0.222. The van der Waals surface area contributed by atoms with Crippen molar-refractivity contribution in [3.8, 4) is 0 Å². The fourth-order valence-electron chi connectivity index (χ4n) is 6.13. The third-order valence-corrected chi connectivity index (χ3v) is 7.01. The Hall–Kier alpha value is -1.32. The fraction of sp³-hybridized carbons (Fsp3) is 0.579. The van der Waals surface area contributed by atoms with Gasteiger partial charge in [-0.05, 0) is 43.9 Å². The molecule has 1 aromatic carbocycles. The van der Waals surface area contributed by atoms with Crippen molar-refractivity contribution in [1.82, 2.24) is 4.90 Å². The third-order valence-electron chi connectivity index (χ3n) is 7.01. The maximum Gasteiger partial charge on any atom is 0.0484 e. The number of allylic oxidation sites excluding steroid dienone is 1. The number of para-hydroxylation sites is 1. The van der Waals surface area contributed by atoms with Gasteiger partial charge in [0.25, 0.3) is 0 Å². The van der Waals surface area contributed by atoms with Gasteiger partial charge in [0.1, 0.15) is 0 Å². The predicted molar refractivity (Wildman–Crippen MR) is 87.9 cm³/mol. The van der Waals surface area contributed by atoms with E-state index in [1.807, 2.05) is 0 Å². The van der Waals surface area contributed by atoms with E-state index in [2.05, 4.69) is 47.5 Å². The molecule has 2 N–H and O–H groups in total. The van der Waals surface area contributed by atoms with Gasteiger partial charge < -0.3 is 10.4 Å². The second-order valence-electron chi connectivity index (χ2n) is 7.50. The summed E-state index contributed by atoms with van der Waals surface area (Å²) >= 11 is 0. The molecule has 0 aromatic heterocycles. The maximum absolute atomic E-state index is 10.2. The standard InChI is InChI=1S/C19H24N2O/c1-2-12-10-21-8-7-19-15-5-3-4-6-16(15)20-18(19)14(11-22)13(12)9-17(19)21/h2-6,13-14,17-18,20,22H,7-11H2,1H3/b12-2+/t13-,14+,17+,18-,19+/m0/s1. The van der Waals surface area contributed by atoms with Crippen molar-refractivity contribution in [2.45, 2.75) is 37.3 Å². The van der Waals surface area contributed by atoms with E-state index < -0.39 is 0 Å². The Morgan fingerprint density at radius 3 is 3.09 bits per heavy atom. The number of hydrogen-bond acceptors (Lipinski definition) is 3. The first-order chi connectivity index (χ1) is 10.8. The van der Waals surface area contributed by atoms with Gasteiger partial charge in [0.05, 0.1) is 0 Å². The molecule has 3 heteroatoms. The van der Waals surface area contributed by atoms with Crippen LogP contribution in [0.5, 0.6) is 0 Å². The van der Waals surface area contributed by atoms with E-state index in [1.165, 1.54) is 30.6 Å². The Bertz CT molecular complexity index is 655. The van der Waals surface area contributed by atoms with E-state index in [9.17, 15) is 5.11 Å². The lowest BCUT2D eigenvalue weighted by Crippen LogP contribution is -2.62. The van der Waals surface area contributed by atoms with Crippen LogP contribution in [0.15, 0.2) is 35.9 Å². The minimum absolute atomic E-state index is 0.222. The summed E-state index contributed by atoms with van der Waals surface area (Å²) in [6.45, 7) is 4.76. The van der Waals surface area contributed by atoms with Gasteiger partial charge in [-0.3, -0.25) is 4.90 Å². The summed E-state index contributed by atoms with van der Waals surface area (Å²) in [6, 6.07) is 9.89. The molecule has 3 heterocycles. The molecule has 4 aliphatic rings. The van der Waals surface area contributed by atoms with Crippen LogP contribution in [0.4, 0.5) is 5.69 Å². The van der Waals surface area contributed by atoms with E-state index in [-0.39, 0.29) is 5.41 Å². The smallest absolute Gasteiger partial charge is 0.0484 e. The predicted octanol–water partition coefficient (Wildman–Crippen LogP) is 2.38. The highest BCUT2D eigenvalue weighted by Gasteiger charge is 2.64. The SMILES string of the molecule is C/C=C1\CN2CC[C@]34c5ccccc5N[C@H]3[C@H](CO)[C@H]1C[C@@H]24. The number of fused-ring (bicyclic) bond motifs is 2. The summed E-state index contributed by atoms with van der Waals surface area (Å²) in [7, 11) is 0. The van der Waals surface area contributed by atoms with Crippen LogP contribution in [-0.4, -0.2) is 41.8 Å². The molecule has 0 unspecified atom stereocenters.